The van der Waals surface area contributed by atoms with E-state index >= 15 is 0 Å². The molecule has 0 spiro atoms. The normalized spacial score (nSPS) is 26.4. The number of nitrogens with one attached hydrogen (secondary N) is 2. The summed E-state index contributed by atoms with van der Waals surface area (Å²) in [5, 5.41) is 23.6. The third kappa shape index (κ3) is 3.47. The standard InChI is InChI=1S/C13H23N3O4/c17-8-10(13(19)20)15-12(18)11-2-1-7-16(11)9-3-5-14-6-4-9/h9-11,14,17H,1-8H2,(H,15,18)(H,19,20)/t10-,11?/m0/s1. The number of nitrogens with zero attached hydrogens (tertiary/aromatic N) is 1. The average molecular weight is 285 g/mol. The minimum absolute atomic E-state index is 0.258. The van der Waals surface area contributed by atoms with Crippen LogP contribution < -0.4 is 10.6 Å². The zero-order valence-corrected chi connectivity index (χ0v) is 11.5. The van der Waals surface area contributed by atoms with Gasteiger partial charge < -0.3 is 20.8 Å². The van der Waals surface area contributed by atoms with Crippen molar-refractivity contribution in [2.45, 2.75) is 43.8 Å². The molecule has 2 aliphatic rings. The van der Waals surface area contributed by atoms with Crippen molar-refractivity contribution in [2.75, 3.05) is 26.2 Å². The highest BCUT2D eigenvalue weighted by Gasteiger charge is 2.36. The Hall–Kier alpha value is -1.18. The smallest absolute Gasteiger partial charge is 0.328 e. The molecule has 0 aromatic rings. The van der Waals surface area contributed by atoms with Crippen molar-refractivity contribution >= 4 is 11.9 Å². The van der Waals surface area contributed by atoms with Gasteiger partial charge in [0.1, 0.15) is 6.04 Å². The van der Waals surface area contributed by atoms with Crippen LogP contribution in [0.5, 0.6) is 0 Å². The third-order valence-corrected chi connectivity index (χ3v) is 4.17. The molecule has 2 rings (SSSR count). The number of carbonyl (C=O) groups excluding carboxylic acids is 1. The van der Waals surface area contributed by atoms with E-state index in [4.69, 9.17) is 10.2 Å². The molecule has 0 radical (unpaired) electrons. The molecule has 0 aromatic carbocycles. The molecular weight excluding hydrogens is 262 g/mol. The molecule has 2 atom stereocenters. The Morgan fingerprint density at radius 1 is 1.30 bits per heavy atom. The SMILES string of the molecule is O=C(N[C@@H](CO)C(=O)O)C1CCCN1C1CCNCC1. The van der Waals surface area contributed by atoms with Crippen LogP contribution in [0.3, 0.4) is 0 Å². The van der Waals surface area contributed by atoms with Crippen molar-refractivity contribution in [3.63, 3.8) is 0 Å². The predicted molar refractivity (Wildman–Crippen MR) is 72.3 cm³/mol. The number of aliphatic hydroxyl groups excluding tert-OH is 1. The molecule has 4 N–H and O–H groups in total. The van der Waals surface area contributed by atoms with Crippen LogP contribution >= 0.6 is 0 Å². The van der Waals surface area contributed by atoms with Crippen LogP contribution in [0.15, 0.2) is 0 Å². The predicted octanol–water partition coefficient (Wildman–Crippen LogP) is -1.24. The van der Waals surface area contributed by atoms with Gasteiger partial charge in [-0.3, -0.25) is 9.69 Å². The maximum atomic E-state index is 12.2. The average Bonchev–Trinajstić information content (AvgIpc) is 2.94. The number of likely N-dealkylation sites (tertiary alicyclic amines) is 1. The van der Waals surface area contributed by atoms with Gasteiger partial charge in [-0.15, -0.1) is 0 Å². The maximum Gasteiger partial charge on any atom is 0.328 e. The zero-order chi connectivity index (χ0) is 14.5. The van der Waals surface area contributed by atoms with Gasteiger partial charge in [0.25, 0.3) is 0 Å². The van der Waals surface area contributed by atoms with Crippen LogP contribution in [0.2, 0.25) is 0 Å². The maximum absolute atomic E-state index is 12.2. The molecular formula is C13H23N3O4. The Morgan fingerprint density at radius 3 is 2.60 bits per heavy atom. The largest absolute Gasteiger partial charge is 0.480 e. The van der Waals surface area contributed by atoms with Crippen molar-refractivity contribution in [1.82, 2.24) is 15.5 Å². The number of amides is 1. The van der Waals surface area contributed by atoms with Crippen molar-refractivity contribution in [3.05, 3.63) is 0 Å². The lowest BCUT2D eigenvalue weighted by Gasteiger charge is -2.35. The van der Waals surface area contributed by atoms with Crippen LogP contribution in [0.1, 0.15) is 25.7 Å². The summed E-state index contributed by atoms with van der Waals surface area (Å²) in [4.78, 5) is 25.3. The van der Waals surface area contributed by atoms with Crippen LogP contribution in [-0.4, -0.2) is 71.4 Å². The number of hydrogen-bond donors (Lipinski definition) is 4. The molecule has 2 heterocycles. The summed E-state index contributed by atoms with van der Waals surface area (Å²) in [6.45, 7) is 2.23. The summed E-state index contributed by atoms with van der Waals surface area (Å²) in [6.07, 6.45) is 3.75. The number of rotatable bonds is 5. The third-order valence-electron chi connectivity index (χ3n) is 4.17. The Balaban J connectivity index is 1.95. The highest BCUT2D eigenvalue weighted by molar-refractivity contribution is 5.87. The monoisotopic (exact) mass is 285 g/mol. The van der Waals surface area contributed by atoms with Gasteiger partial charge in [0.05, 0.1) is 12.6 Å². The Labute approximate surface area is 118 Å². The summed E-state index contributed by atoms with van der Waals surface area (Å²) in [5.74, 6) is -1.48. The van der Waals surface area contributed by atoms with Gasteiger partial charge in [0.2, 0.25) is 5.91 Å². The Morgan fingerprint density at radius 2 is 2.00 bits per heavy atom. The summed E-state index contributed by atoms with van der Waals surface area (Å²) in [7, 11) is 0. The molecule has 20 heavy (non-hydrogen) atoms. The number of carboxylic acids is 1. The molecule has 7 heteroatoms. The first-order chi connectivity index (χ1) is 9.63. The Bertz CT molecular complexity index is 358. The molecule has 114 valence electrons. The van der Waals surface area contributed by atoms with E-state index < -0.39 is 18.6 Å². The van der Waals surface area contributed by atoms with Crippen molar-refractivity contribution in [1.29, 1.82) is 0 Å². The van der Waals surface area contributed by atoms with Crippen molar-refractivity contribution in [3.8, 4) is 0 Å². The van der Waals surface area contributed by atoms with Gasteiger partial charge in [-0.1, -0.05) is 0 Å². The highest BCUT2D eigenvalue weighted by Crippen LogP contribution is 2.24. The minimum atomic E-state index is -1.21. The lowest BCUT2D eigenvalue weighted by atomic mass is 10.0. The fraction of sp³-hybridized carbons (Fsp3) is 0.846. The van der Waals surface area contributed by atoms with E-state index in [-0.39, 0.29) is 11.9 Å². The minimum Gasteiger partial charge on any atom is -0.480 e. The van der Waals surface area contributed by atoms with Crippen molar-refractivity contribution in [2.24, 2.45) is 0 Å². The van der Waals surface area contributed by atoms with E-state index in [9.17, 15) is 9.59 Å². The molecule has 2 saturated heterocycles. The molecule has 2 aliphatic heterocycles. The van der Waals surface area contributed by atoms with Crippen molar-refractivity contribution < 1.29 is 19.8 Å². The summed E-state index contributed by atoms with van der Waals surface area (Å²) in [6, 6.07) is -1.07. The second kappa shape index (κ2) is 7.01. The van der Waals surface area contributed by atoms with E-state index in [0.29, 0.717) is 6.04 Å². The fourth-order valence-corrected chi connectivity index (χ4v) is 3.10. The number of carbonyl (C=O) groups is 2. The molecule has 7 nitrogen and oxygen atoms in total. The zero-order valence-electron chi connectivity index (χ0n) is 11.5. The van der Waals surface area contributed by atoms with Gasteiger partial charge in [-0.2, -0.15) is 0 Å². The lowest BCUT2D eigenvalue weighted by molar-refractivity contribution is -0.143. The fourth-order valence-electron chi connectivity index (χ4n) is 3.10. The van der Waals surface area contributed by atoms with Gasteiger partial charge in [-0.25, -0.2) is 4.79 Å². The molecule has 0 bridgehead atoms. The lowest BCUT2D eigenvalue weighted by Crippen LogP contribution is -2.54. The first kappa shape index (κ1) is 15.2. The number of aliphatic carboxylic acids is 1. The number of hydrogen-bond acceptors (Lipinski definition) is 5. The van der Waals surface area contributed by atoms with Gasteiger partial charge in [0, 0.05) is 6.04 Å². The second-order valence-corrected chi connectivity index (χ2v) is 5.46. The molecule has 0 aromatic heterocycles. The molecule has 2 fully saturated rings. The van der Waals surface area contributed by atoms with Crippen LogP contribution in [0, 0.1) is 0 Å². The number of piperidine rings is 1. The molecule has 1 unspecified atom stereocenters. The quantitative estimate of drug-likeness (QED) is 0.504. The number of aliphatic hydroxyl groups is 1. The van der Waals surface area contributed by atoms with Gasteiger partial charge in [0.15, 0.2) is 0 Å². The highest BCUT2D eigenvalue weighted by atomic mass is 16.4. The van der Waals surface area contributed by atoms with Crippen LogP contribution in [0.25, 0.3) is 0 Å². The van der Waals surface area contributed by atoms with Crippen LogP contribution in [-0.2, 0) is 9.59 Å². The van der Waals surface area contributed by atoms with E-state index in [1.54, 1.807) is 0 Å². The van der Waals surface area contributed by atoms with Crippen LogP contribution in [0.4, 0.5) is 0 Å². The van der Waals surface area contributed by atoms with E-state index in [0.717, 1.165) is 45.3 Å². The van der Waals surface area contributed by atoms with E-state index in [1.807, 2.05) is 0 Å². The van der Waals surface area contributed by atoms with E-state index in [1.165, 1.54) is 0 Å². The summed E-state index contributed by atoms with van der Waals surface area (Å²) in [5.41, 5.74) is 0. The topological polar surface area (TPSA) is 102 Å². The summed E-state index contributed by atoms with van der Waals surface area (Å²) >= 11 is 0. The molecule has 1 amide bonds. The molecule has 0 saturated carbocycles. The Kier molecular flexibility index (Phi) is 5.33. The second-order valence-electron chi connectivity index (χ2n) is 5.46. The first-order valence-electron chi connectivity index (χ1n) is 7.24. The first-order valence-corrected chi connectivity index (χ1v) is 7.24. The summed E-state index contributed by atoms with van der Waals surface area (Å²) < 4.78 is 0. The van der Waals surface area contributed by atoms with E-state index in [2.05, 4.69) is 15.5 Å². The molecule has 0 aliphatic carbocycles. The van der Waals surface area contributed by atoms with Gasteiger partial charge in [-0.05, 0) is 45.3 Å². The number of carboxylic acid groups (broad SMARTS) is 1. The van der Waals surface area contributed by atoms with Gasteiger partial charge >= 0.3 is 5.97 Å².